The Bertz CT molecular complexity index is 616. The summed E-state index contributed by atoms with van der Waals surface area (Å²) < 4.78 is 5.50. The molecule has 2 aliphatic rings. The Labute approximate surface area is 149 Å². The topological polar surface area (TPSA) is 60.2 Å². The minimum absolute atomic E-state index is 0.0154. The van der Waals surface area contributed by atoms with E-state index in [4.69, 9.17) is 4.42 Å². The standard InChI is InChI=1S/C18H28N4O3/c1-4-21-13-18(10-16(21)23)12-20(11-15-6-5-9-25-15)7-8-22(14-18)17(24)19(2)3/h5-6,9H,4,7-8,10-14H2,1-3H3. The van der Waals surface area contributed by atoms with Gasteiger partial charge in [-0.1, -0.05) is 0 Å². The van der Waals surface area contributed by atoms with Crippen molar-refractivity contribution in [3.05, 3.63) is 24.2 Å². The van der Waals surface area contributed by atoms with Gasteiger partial charge in [0.05, 0.1) is 12.8 Å². The maximum absolute atomic E-state index is 12.6. The number of hydrogen-bond donors (Lipinski definition) is 0. The molecule has 2 fully saturated rings. The van der Waals surface area contributed by atoms with Crippen molar-refractivity contribution in [2.45, 2.75) is 19.9 Å². The molecule has 25 heavy (non-hydrogen) atoms. The smallest absolute Gasteiger partial charge is 0.319 e. The molecular weight excluding hydrogens is 320 g/mol. The van der Waals surface area contributed by atoms with Crippen molar-refractivity contribution in [2.24, 2.45) is 5.41 Å². The first-order valence-corrected chi connectivity index (χ1v) is 8.91. The number of likely N-dealkylation sites (tertiary alicyclic amines) is 1. The van der Waals surface area contributed by atoms with E-state index in [1.54, 1.807) is 25.3 Å². The van der Waals surface area contributed by atoms with Gasteiger partial charge in [0.15, 0.2) is 0 Å². The molecule has 0 aliphatic carbocycles. The van der Waals surface area contributed by atoms with Crippen LogP contribution in [-0.2, 0) is 11.3 Å². The van der Waals surface area contributed by atoms with Crippen molar-refractivity contribution in [2.75, 3.05) is 53.4 Å². The summed E-state index contributed by atoms with van der Waals surface area (Å²) >= 11 is 0. The zero-order valence-electron chi connectivity index (χ0n) is 15.4. The van der Waals surface area contributed by atoms with Gasteiger partial charge >= 0.3 is 6.03 Å². The second kappa shape index (κ2) is 7.07. The third kappa shape index (κ3) is 3.81. The van der Waals surface area contributed by atoms with Crippen LogP contribution in [0.1, 0.15) is 19.1 Å². The van der Waals surface area contributed by atoms with Gasteiger partial charge in [-0.25, -0.2) is 4.79 Å². The van der Waals surface area contributed by atoms with Crippen LogP contribution in [0.5, 0.6) is 0 Å². The van der Waals surface area contributed by atoms with Crippen molar-refractivity contribution in [3.63, 3.8) is 0 Å². The van der Waals surface area contributed by atoms with Crippen LogP contribution in [0.15, 0.2) is 22.8 Å². The predicted octanol–water partition coefficient (Wildman–Crippen LogP) is 1.32. The quantitative estimate of drug-likeness (QED) is 0.827. The first kappa shape index (κ1) is 17.8. The van der Waals surface area contributed by atoms with Crippen LogP contribution in [0.3, 0.4) is 0 Å². The van der Waals surface area contributed by atoms with Crippen molar-refractivity contribution >= 4 is 11.9 Å². The lowest BCUT2D eigenvalue weighted by Gasteiger charge is -2.34. The number of nitrogens with zero attached hydrogens (tertiary/aromatic N) is 4. The molecule has 0 N–H and O–H groups in total. The summed E-state index contributed by atoms with van der Waals surface area (Å²) in [7, 11) is 3.55. The molecule has 3 rings (SSSR count). The van der Waals surface area contributed by atoms with Crippen LogP contribution in [0, 0.1) is 5.41 Å². The Morgan fingerprint density at radius 1 is 1.28 bits per heavy atom. The third-order valence-electron chi connectivity index (χ3n) is 5.17. The average Bonchev–Trinajstić information content (AvgIpc) is 3.13. The number of amides is 3. The Morgan fingerprint density at radius 2 is 2.08 bits per heavy atom. The second-order valence-corrected chi connectivity index (χ2v) is 7.47. The molecule has 1 atom stereocenters. The highest BCUT2D eigenvalue weighted by molar-refractivity contribution is 5.80. The van der Waals surface area contributed by atoms with Gasteiger partial charge in [0.2, 0.25) is 5.91 Å². The lowest BCUT2D eigenvalue weighted by atomic mass is 9.86. The number of furan rings is 1. The summed E-state index contributed by atoms with van der Waals surface area (Å²) in [4.78, 5) is 32.7. The van der Waals surface area contributed by atoms with E-state index in [9.17, 15) is 9.59 Å². The molecule has 1 aromatic rings. The average molecular weight is 348 g/mol. The normalized spacial score (nSPS) is 24.8. The number of hydrogen-bond acceptors (Lipinski definition) is 4. The molecule has 0 radical (unpaired) electrons. The van der Waals surface area contributed by atoms with E-state index in [0.717, 1.165) is 25.4 Å². The molecule has 2 aliphatic heterocycles. The molecule has 1 aromatic heterocycles. The summed E-state index contributed by atoms with van der Waals surface area (Å²) in [5, 5.41) is 0. The van der Waals surface area contributed by atoms with Gasteiger partial charge < -0.3 is 19.1 Å². The molecule has 138 valence electrons. The van der Waals surface area contributed by atoms with Crippen LogP contribution < -0.4 is 0 Å². The third-order valence-corrected chi connectivity index (χ3v) is 5.17. The fourth-order valence-corrected chi connectivity index (χ4v) is 4.03. The molecule has 3 amide bonds. The zero-order valence-corrected chi connectivity index (χ0v) is 15.4. The van der Waals surface area contributed by atoms with Crippen LogP contribution >= 0.6 is 0 Å². The molecule has 1 unspecified atom stereocenters. The fourth-order valence-electron chi connectivity index (χ4n) is 4.03. The van der Waals surface area contributed by atoms with Crippen LogP contribution in [0.25, 0.3) is 0 Å². The zero-order chi connectivity index (χ0) is 18.0. The molecule has 2 saturated heterocycles. The monoisotopic (exact) mass is 348 g/mol. The Balaban J connectivity index is 1.82. The van der Waals surface area contributed by atoms with Crippen LogP contribution in [0.2, 0.25) is 0 Å². The number of carbonyl (C=O) groups is 2. The van der Waals surface area contributed by atoms with E-state index < -0.39 is 0 Å². The van der Waals surface area contributed by atoms with Gasteiger partial charge in [-0.15, -0.1) is 0 Å². The summed E-state index contributed by atoms with van der Waals surface area (Å²) in [6, 6.07) is 3.88. The van der Waals surface area contributed by atoms with Gasteiger partial charge in [-0.2, -0.15) is 0 Å². The van der Waals surface area contributed by atoms with E-state index in [1.165, 1.54) is 0 Å². The summed E-state index contributed by atoms with van der Waals surface area (Å²) in [5.74, 6) is 1.11. The maximum Gasteiger partial charge on any atom is 0.319 e. The predicted molar refractivity (Wildman–Crippen MR) is 93.9 cm³/mol. The molecule has 0 aromatic carbocycles. The molecule has 0 saturated carbocycles. The second-order valence-electron chi connectivity index (χ2n) is 7.47. The first-order chi connectivity index (χ1) is 11.9. The highest BCUT2D eigenvalue weighted by Gasteiger charge is 2.47. The molecule has 0 bridgehead atoms. The van der Waals surface area contributed by atoms with E-state index in [2.05, 4.69) is 4.90 Å². The SMILES string of the molecule is CCN1CC2(CC1=O)CN(Cc1ccco1)CCN(C(=O)N(C)C)C2. The molecule has 7 nitrogen and oxygen atoms in total. The van der Waals surface area contributed by atoms with Gasteiger partial charge in [-0.05, 0) is 19.1 Å². The van der Waals surface area contributed by atoms with Crippen molar-refractivity contribution < 1.29 is 14.0 Å². The van der Waals surface area contributed by atoms with Gasteiger partial charge in [0, 0.05) is 65.2 Å². The number of rotatable bonds is 3. The largest absolute Gasteiger partial charge is 0.468 e. The number of urea groups is 1. The maximum atomic E-state index is 12.6. The van der Waals surface area contributed by atoms with Crippen molar-refractivity contribution in [1.29, 1.82) is 0 Å². The van der Waals surface area contributed by atoms with Gasteiger partial charge in [0.1, 0.15) is 5.76 Å². The lowest BCUT2D eigenvalue weighted by Crippen LogP contribution is -2.47. The Kier molecular flexibility index (Phi) is 5.03. The summed E-state index contributed by atoms with van der Waals surface area (Å²) in [6.45, 7) is 7.03. The fraction of sp³-hybridized carbons (Fsp3) is 0.667. The molecule has 7 heteroatoms. The molecular formula is C18H28N4O3. The first-order valence-electron chi connectivity index (χ1n) is 8.91. The van der Waals surface area contributed by atoms with Crippen LogP contribution in [0.4, 0.5) is 4.79 Å². The Morgan fingerprint density at radius 3 is 2.68 bits per heavy atom. The molecule has 3 heterocycles. The van der Waals surface area contributed by atoms with Crippen molar-refractivity contribution in [3.8, 4) is 0 Å². The number of carbonyl (C=O) groups excluding carboxylic acids is 2. The minimum atomic E-state index is -0.206. The molecule has 1 spiro atoms. The van der Waals surface area contributed by atoms with Gasteiger partial charge in [0.25, 0.3) is 0 Å². The van der Waals surface area contributed by atoms with Crippen LogP contribution in [-0.4, -0.2) is 84.9 Å². The van der Waals surface area contributed by atoms with Crippen molar-refractivity contribution in [1.82, 2.24) is 19.6 Å². The van der Waals surface area contributed by atoms with E-state index in [1.807, 2.05) is 28.9 Å². The minimum Gasteiger partial charge on any atom is -0.468 e. The highest BCUT2D eigenvalue weighted by atomic mass is 16.3. The Hall–Kier alpha value is -2.02. The van der Waals surface area contributed by atoms with E-state index in [-0.39, 0.29) is 17.4 Å². The lowest BCUT2D eigenvalue weighted by molar-refractivity contribution is -0.127. The van der Waals surface area contributed by atoms with E-state index >= 15 is 0 Å². The van der Waals surface area contributed by atoms with Gasteiger partial charge in [-0.3, -0.25) is 9.69 Å². The summed E-state index contributed by atoms with van der Waals surface area (Å²) in [6.07, 6.45) is 2.19. The highest BCUT2D eigenvalue weighted by Crippen LogP contribution is 2.35. The summed E-state index contributed by atoms with van der Waals surface area (Å²) in [5.41, 5.74) is -0.206. The van der Waals surface area contributed by atoms with E-state index in [0.29, 0.717) is 32.6 Å².